The van der Waals surface area contributed by atoms with Crippen LogP contribution < -0.4 is 0 Å². The predicted octanol–water partition coefficient (Wildman–Crippen LogP) is 17.6. The van der Waals surface area contributed by atoms with Gasteiger partial charge in [0.05, 0.1) is 96.1 Å². The Hall–Kier alpha value is -10.6. The van der Waals surface area contributed by atoms with Crippen LogP contribution in [0.15, 0.2) is 237 Å². The van der Waals surface area contributed by atoms with Gasteiger partial charge in [0.2, 0.25) is 5.69 Å². The second-order valence-electron chi connectivity index (χ2n) is 19.3. The van der Waals surface area contributed by atoms with E-state index in [1.165, 1.54) is 0 Å². The molecule has 5 heterocycles. The quantitative estimate of drug-likeness (QED) is 0.159. The van der Waals surface area contributed by atoms with Gasteiger partial charge in [-0.1, -0.05) is 170 Å². The molecule has 16 rings (SSSR count). The third-order valence-corrected chi connectivity index (χ3v) is 15.7. The van der Waals surface area contributed by atoms with E-state index in [0.29, 0.717) is 11.4 Å². The van der Waals surface area contributed by atoms with Gasteiger partial charge in [-0.05, 0) is 66.7 Å². The molecule has 0 bridgehead atoms. The fraction of sp³-hybridized carbons (Fsp3) is 0. The van der Waals surface area contributed by atoms with Crippen molar-refractivity contribution in [2.24, 2.45) is 0 Å². The molecule has 0 saturated heterocycles. The monoisotopic (exact) mass is 953 g/mol. The molecule has 16 aromatic rings. The normalized spacial score (nSPS) is 12.0. The molecule has 0 atom stereocenters. The molecule has 0 saturated carbocycles. The number of aromatic nitrogens is 5. The summed E-state index contributed by atoms with van der Waals surface area (Å²) in [6.07, 6.45) is 0. The van der Waals surface area contributed by atoms with E-state index < -0.39 is 0 Å². The third-order valence-electron chi connectivity index (χ3n) is 15.7. The maximum absolute atomic E-state index is 12.4. The van der Waals surface area contributed by atoms with Gasteiger partial charge in [0.25, 0.3) is 0 Å². The van der Waals surface area contributed by atoms with Gasteiger partial charge in [-0.15, -0.1) is 0 Å². The molecule has 0 amide bonds. The summed E-state index contributed by atoms with van der Waals surface area (Å²) in [5.41, 5.74) is 14.1. The average molecular weight is 954 g/mol. The summed E-state index contributed by atoms with van der Waals surface area (Å²) < 4.78 is 11.7. The molecular weight excluding hydrogens is 915 g/mol. The van der Waals surface area contributed by atoms with Crippen LogP contribution in [0.1, 0.15) is 5.56 Å². The molecule has 0 unspecified atom stereocenters. The Balaban J connectivity index is 1.25. The van der Waals surface area contributed by atoms with Crippen LogP contribution in [0.3, 0.4) is 0 Å². The van der Waals surface area contributed by atoms with Gasteiger partial charge in [-0.2, -0.15) is 5.26 Å². The van der Waals surface area contributed by atoms with E-state index in [0.717, 1.165) is 126 Å². The lowest BCUT2D eigenvalue weighted by Gasteiger charge is -2.28. The van der Waals surface area contributed by atoms with Crippen molar-refractivity contribution in [3.8, 4) is 34.5 Å². The van der Waals surface area contributed by atoms with Crippen molar-refractivity contribution in [2.75, 3.05) is 0 Å². The van der Waals surface area contributed by atoms with E-state index in [4.69, 9.17) is 0 Å². The van der Waals surface area contributed by atoms with Gasteiger partial charge < -0.3 is 22.8 Å². The van der Waals surface area contributed by atoms with Crippen molar-refractivity contribution >= 4 is 115 Å². The number of fused-ring (bicyclic) bond motifs is 16. The highest BCUT2D eigenvalue weighted by molar-refractivity contribution is 6.27. The van der Waals surface area contributed by atoms with Crippen molar-refractivity contribution in [1.82, 2.24) is 22.8 Å². The minimum atomic E-state index is 0.255. The summed E-state index contributed by atoms with van der Waals surface area (Å²) >= 11 is 0. The van der Waals surface area contributed by atoms with Crippen LogP contribution in [0, 0.1) is 17.9 Å². The molecule has 7 nitrogen and oxygen atoms in total. The van der Waals surface area contributed by atoms with Gasteiger partial charge in [-0.25, -0.2) is 4.85 Å². The van der Waals surface area contributed by atoms with Crippen LogP contribution in [0.25, 0.3) is 142 Å². The summed E-state index contributed by atoms with van der Waals surface area (Å²) in [6, 6.07) is 86.3. The molecule has 0 radical (unpaired) electrons. The fourth-order valence-corrected chi connectivity index (χ4v) is 12.8. The van der Waals surface area contributed by atoms with E-state index >= 15 is 0 Å². The lowest BCUT2D eigenvalue weighted by Crippen LogP contribution is -2.15. The summed E-state index contributed by atoms with van der Waals surface area (Å²) in [7, 11) is 0. The van der Waals surface area contributed by atoms with Gasteiger partial charge in [0.1, 0.15) is 0 Å². The molecule has 0 aliphatic rings. The molecule has 5 aromatic heterocycles. The first-order valence-electron chi connectivity index (χ1n) is 25.2. The predicted molar refractivity (Wildman–Crippen MR) is 309 cm³/mol. The van der Waals surface area contributed by atoms with Gasteiger partial charge in [0.15, 0.2) is 0 Å². The van der Waals surface area contributed by atoms with E-state index in [1.807, 2.05) is 0 Å². The second-order valence-corrected chi connectivity index (χ2v) is 19.3. The molecule has 0 spiro atoms. The zero-order valence-electron chi connectivity index (χ0n) is 40.1. The van der Waals surface area contributed by atoms with Crippen molar-refractivity contribution in [3.05, 3.63) is 254 Å². The van der Waals surface area contributed by atoms with Crippen molar-refractivity contribution in [3.63, 3.8) is 0 Å². The van der Waals surface area contributed by atoms with Crippen molar-refractivity contribution in [2.45, 2.75) is 0 Å². The lowest BCUT2D eigenvalue weighted by atomic mass is 10.0. The minimum Gasteiger partial charge on any atom is -0.317 e. The molecule has 0 N–H and O–H groups in total. The van der Waals surface area contributed by atoms with E-state index in [2.05, 4.69) is 270 Å². The molecule has 0 aliphatic carbocycles. The first-order chi connectivity index (χ1) is 37.2. The molecule has 75 heavy (non-hydrogen) atoms. The highest BCUT2D eigenvalue weighted by Gasteiger charge is 2.35. The highest BCUT2D eigenvalue weighted by Crippen LogP contribution is 2.52. The number of hydrogen-bond donors (Lipinski definition) is 0. The Morgan fingerprint density at radius 3 is 1.04 bits per heavy atom. The maximum Gasteiger partial charge on any atom is 0.232 e. The number of benzene rings is 11. The van der Waals surface area contributed by atoms with Crippen molar-refractivity contribution < 1.29 is 0 Å². The number of rotatable bonds is 5. The van der Waals surface area contributed by atoms with Gasteiger partial charge >= 0.3 is 0 Å². The average Bonchev–Trinajstić information content (AvgIpc) is 4.40. The van der Waals surface area contributed by atoms with E-state index in [9.17, 15) is 11.8 Å². The molecule has 11 aromatic carbocycles. The second kappa shape index (κ2) is 15.5. The SMILES string of the molecule is [C-]#[N+]c1c(C#N)c(-n2c3ccccc3c3ccc4c(c5ccccc5n4-c4ccccc4)c32)c(-n2c3ccccc3c3ccccc32)c(-n2c3ccccc3c3ccccc32)c1-n1c2ccccc2c2ccccc21. The Morgan fingerprint density at radius 1 is 0.293 bits per heavy atom. The standard InChI is InChI=1S/C68H39N7/c1-70-63-52(41-69)65(75-59-37-19-11-29-49(59)50-39-40-61-62(64(50)75)51-30-12-20-38-60(51)71(61)42-21-3-2-4-22-42)67(73-55-33-15-7-25-45(55)46-26-8-16-34-56(46)73)68(74-57-35-17-9-27-47(57)48-28-10-18-36-58(48)74)66(63)72-53-31-13-5-23-43(53)44-24-6-14-32-54(44)72/h2-40H. The number of nitrogens with zero attached hydrogens (tertiary/aromatic N) is 7. The highest BCUT2D eigenvalue weighted by atomic mass is 15.2. The van der Waals surface area contributed by atoms with Crippen LogP contribution in [-0.4, -0.2) is 22.8 Å². The van der Waals surface area contributed by atoms with Crippen molar-refractivity contribution in [1.29, 1.82) is 5.26 Å². The largest absolute Gasteiger partial charge is 0.317 e. The first kappa shape index (κ1) is 41.1. The topological polar surface area (TPSA) is 52.8 Å². The van der Waals surface area contributed by atoms with Gasteiger partial charge in [0, 0.05) is 59.5 Å². The summed E-state index contributed by atoms with van der Waals surface area (Å²) in [4.78, 5) is 4.64. The summed E-state index contributed by atoms with van der Waals surface area (Å²) in [6.45, 7) is 9.62. The van der Waals surface area contributed by atoms with Crippen LogP contribution in [0.5, 0.6) is 0 Å². The van der Waals surface area contributed by atoms with Crippen LogP contribution in [0.4, 0.5) is 5.69 Å². The Kier molecular flexibility index (Phi) is 8.46. The van der Waals surface area contributed by atoms with E-state index in [-0.39, 0.29) is 11.3 Å². The minimum absolute atomic E-state index is 0.255. The molecule has 0 fully saturated rings. The fourth-order valence-electron chi connectivity index (χ4n) is 12.8. The van der Waals surface area contributed by atoms with Crippen LogP contribution in [-0.2, 0) is 0 Å². The Morgan fingerprint density at radius 2 is 0.627 bits per heavy atom. The maximum atomic E-state index is 12.4. The number of para-hydroxylation sites is 9. The summed E-state index contributed by atoms with van der Waals surface area (Å²) in [5.74, 6) is 0. The third kappa shape index (κ3) is 5.40. The first-order valence-corrected chi connectivity index (χ1v) is 25.2. The number of hydrogen-bond acceptors (Lipinski definition) is 1. The molecular formula is C68H39N7. The molecule has 7 heteroatoms. The zero-order valence-corrected chi connectivity index (χ0v) is 40.1. The molecule has 0 aliphatic heterocycles. The smallest absolute Gasteiger partial charge is 0.232 e. The van der Waals surface area contributed by atoms with Gasteiger partial charge in [-0.3, -0.25) is 0 Å². The lowest BCUT2D eigenvalue weighted by molar-refractivity contribution is 1.02. The number of nitriles is 1. The van der Waals surface area contributed by atoms with E-state index in [1.54, 1.807) is 0 Å². The van der Waals surface area contributed by atoms with Crippen LogP contribution in [0.2, 0.25) is 0 Å². The Bertz CT molecular complexity index is 5060. The zero-order chi connectivity index (χ0) is 49.5. The van der Waals surface area contributed by atoms with Crippen LogP contribution >= 0.6 is 0 Å². The Labute approximate surface area is 428 Å². The molecule has 346 valence electrons. The summed E-state index contributed by atoms with van der Waals surface area (Å²) in [5, 5.41) is 23.1.